The SMILES string of the molecule is CC(O)[N+](C)(C)C.O=[N+]([O-])[O-]. The zero-order valence-electron chi connectivity index (χ0n) is 7.14. The van der Waals surface area contributed by atoms with Crippen LogP contribution in [0.25, 0.3) is 0 Å². The zero-order chi connectivity index (χ0) is 9.65. The fourth-order valence-electron chi connectivity index (χ4n) is 0. The molecule has 11 heavy (non-hydrogen) atoms. The van der Waals surface area contributed by atoms with Crippen LogP contribution in [0.15, 0.2) is 0 Å². The Labute approximate surface area is 65.4 Å². The molecule has 0 saturated heterocycles. The Morgan fingerprint density at radius 1 is 1.36 bits per heavy atom. The molecule has 0 radical (unpaired) electrons. The maximum Gasteiger partial charge on any atom is 0.187 e. The standard InChI is InChI=1S/C5H14NO.NO3/c1-5(7)6(2,3)4;2-1(3)4/h5,7H,1-4H3;/q+1;-1. The number of aliphatic hydroxyl groups is 1. The summed E-state index contributed by atoms with van der Waals surface area (Å²) in [5.41, 5.74) is 0. The van der Waals surface area contributed by atoms with Gasteiger partial charge in [0.25, 0.3) is 0 Å². The first kappa shape index (κ1) is 12.8. The van der Waals surface area contributed by atoms with E-state index in [-0.39, 0.29) is 6.23 Å². The van der Waals surface area contributed by atoms with Crippen LogP contribution >= 0.6 is 0 Å². The van der Waals surface area contributed by atoms with E-state index in [2.05, 4.69) is 0 Å². The first-order chi connectivity index (χ1) is 4.68. The lowest BCUT2D eigenvalue weighted by atomic mass is 10.5. The van der Waals surface area contributed by atoms with Crippen LogP contribution in [-0.4, -0.2) is 42.0 Å². The number of hydrogen-bond acceptors (Lipinski definition) is 4. The number of nitrogens with zero attached hydrogens (tertiary/aromatic N) is 2. The lowest BCUT2D eigenvalue weighted by molar-refractivity contribution is -0.916. The van der Waals surface area contributed by atoms with E-state index < -0.39 is 5.09 Å². The molecule has 6 nitrogen and oxygen atoms in total. The molecule has 0 aliphatic carbocycles. The van der Waals surface area contributed by atoms with Crippen LogP contribution in [0.2, 0.25) is 0 Å². The summed E-state index contributed by atoms with van der Waals surface area (Å²) in [5, 5.41) is 23.6. The van der Waals surface area contributed by atoms with Gasteiger partial charge in [-0.05, 0) is 0 Å². The highest BCUT2D eigenvalue weighted by Crippen LogP contribution is 1.94. The van der Waals surface area contributed by atoms with Crippen molar-refractivity contribution in [3.63, 3.8) is 0 Å². The summed E-state index contributed by atoms with van der Waals surface area (Å²) < 4.78 is 0.611. The molecule has 0 aliphatic heterocycles. The highest BCUT2D eigenvalue weighted by atomic mass is 16.9. The van der Waals surface area contributed by atoms with Gasteiger partial charge in [-0.3, -0.25) is 0 Å². The molecule has 0 aromatic rings. The predicted octanol–water partition coefficient (Wildman–Crippen LogP) is -0.208. The molecular weight excluding hydrogens is 152 g/mol. The summed E-state index contributed by atoms with van der Waals surface area (Å²) in [6.07, 6.45) is -0.264. The van der Waals surface area contributed by atoms with E-state index in [1.165, 1.54) is 0 Å². The molecule has 6 heteroatoms. The molecule has 0 amide bonds. The third-order valence-corrected chi connectivity index (χ3v) is 1.12. The molecule has 0 aromatic carbocycles. The zero-order valence-corrected chi connectivity index (χ0v) is 7.14. The van der Waals surface area contributed by atoms with Crippen LogP contribution in [0.5, 0.6) is 0 Å². The van der Waals surface area contributed by atoms with Gasteiger partial charge in [0.15, 0.2) is 6.23 Å². The van der Waals surface area contributed by atoms with E-state index in [9.17, 15) is 0 Å². The lowest BCUT2D eigenvalue weighted by Gasteiger charge is -2.26. The Hall–Kier alpha value is -0.880. The van der Waals surface area contributed by atoms with Gasteiger partial charge in [0.1, 0.15) is 0 Å². The van der Waals surface area contributed by atoms with Crippen LogP contribution in [-0.2, 0) is 0 Å². The number of hydrogen-bond donors (Lipinski definition) is 1. The van der Waals surface area contributed by atoms with E-state index in [1.54, 1.807) is 6.92 Å². The minimum atomic E-state index is -1.75. The summed E-state index contributed by atoms with van der Waals surface area (Å²) in [5.74, 6) is 0. The van der Waals surface area contributed by atoms with Crippen molar-refractivity contribution >= 4 is 0 Å². The van der Waals surface area contributed by atoms with Gasteiger partial charge in [0.2, 0.25) is 0 Å². The van der Waals surface area contributed by atoms with Crippen molar-refractivity contribution in [3.8, 4) is 0 Å². The summed E-state index contributed by atoms with van der Waals surface area (Å²) >= 11 is 0. The Bertz CT molecular complexity index is 114. The van der Waals surface area contributed by atoms with Crippen LogP contribution in [0.3, 0.4) is 0 Å². The minimum Gasteiger partial charge on any atom is -0.356 e. The second-order valence-electron chi connectivity index (χ2n) is 2.97. The summed E-state index contributed by atoms with van der Waals surface area (Å²) in [6, 6.07) is 0. The molecule has 0 fully saturated rings. The maximum atomic E-state index is 8.86. The monoisotopic (exact) mass is 166 g/mol. The molecule has 1 unspecified atom stereocenters. The second kappa shape index (κ2) is 4.86. The van der Waals surface area contributed by atoms with Gasteiger partial charge in [0, 0.05) is 6.92 Å². The van der Waals surface area contributed by atoms with E-state index in [4.69, 9.17) is 20.4 Å². The Morgan fingerprint density at radius 3 is 1.45 bits per heavy atom. The van der Waals surface area contributed by atoms with Gasteiger partial charge < -0.3 is 24.9 Å². The fraction of sp³-hybridized carbons (Fsp3) is 1.00. The largest absolute Gasteiger partial charge is 0.356 e. The van der Waals surface area contributed by atoms with Crippen LogP contribution in [0.4, 0.5) is 0 Å². The highest BCUT2D eigenvalue weighted by molar-refractivity contribution is 4.18. The molecule has 0 aliphatic rings. The fourth-order valence-corrected chi connectivity index (χ4v) is 0. The normalized spacial score (nSPS) is 12.8. The van der Waals surface area contributed by atoms with Gasteiger partial charge in [-0.25, -0.2) is 0 Å². The van der Waals surface area contributed by atoms with Gasteiger partial charge in [-0.15, -0.1) is 0 Å². The molecule has 0 saturated carbocycles. The van der Waals surface area contributed by atoms with Gasteiger partial charge in [-0.2, -0.15) is 0 Å². The Balaban J connectivity index is 0. The maximum absolute atomic E-state index is 8.86. The lowest BCUT2D eigenvalue weighted by Crippen LogP contribution is -2.42. The molecule has 1 atom stereocenters. The molecule has 0 heterocycles. The molecule has 0 rings (SSSR count). The summed E-state index contributed by atoms with van der Waals surface area (Å²) in [7, 11) is 5.85. The summed E-state index contributed by atoms with van der Waals surface area (Å²) in [4.78, 5) is 8.25. The van der Waals surface area contributed by atoms with Crippen molar-refractivity contribution in [2.45, 2.75) is 13.2 Å². The minimum absolute atomic E-state index is 0.264. The molecule has 1 N–H and O–H groups in total. The van der Waals surface area contributed by atoms with Crippen molar-refractivity contribution in [3.05, 3.63) is 15.3 Å². The Kier molecular flexibility index (Phi) is 5.64. The number of rotatable bonds is 1. The first-order valence-electron chi connectivity index (χ1n) is 2.98. The van der Waals surface area contributed by atoms with Crippen molar-refractivity contribution < 1.29 is 14.7 Å². The van der Waals surface area contributed by atoms with Gasteiger partial charge in [-0.1, -0.05) is 0 Å². The summed E-state index contributed by atoms with van der Waals surface area (Å²) in [6.45, 7) is 1.78. The average molecular weight is 166 g/mol. The topological polar surface area (TPSA) is 86.4 Å². The number of quaternary nitrogens is 1. The third kappa shape index (κ3) is 17.6. The smallest absolute Gasteiger partial charge is 0.187 e. The molecule has 0 bridgehead atoms. The van der Waals surface area contributed by atoms with Crippen LogP contribution < -0.4 is 0 Å². The van der Waals surface area contributed by atoms with Crippen molar-refractivity contribution in [1.82, 2.24) is 0 Å². The van der Waals surface area contributed by atoms with E-state index in [0.29, 0.717) is 4.48 Å². The first-order valence-corrected chi connectivity index (χ1v) is 2.98. The van der Waals surface area contributed by atoms with E-state index >= 15 is 0 Å². The van der Waals surface area contributed by atoms with E-state index in [0.717, 1.165) is 0 Å². The second-order valence-corrected chi connectivity index (χ2v) is 2.97. The predicted molar refractivity (Wildman–Crippen MR) is 40.1 cm³/mol. The molecule has 0 spiro atoms. The molecule has 68 valence electrons. The van der Waals surface area contributed by atoms with Crippen LogP contribution in [0, 0.1) is 15.3 Å². The Morgan fingerprint density at radius 2 is 1.45 bits per heavy atom. The van der Waals surface area contributed by atoms with Crippen molar-refractivity contribution in [1.29, 1.82) is 0 Å². The molecular formula is C5H14N2O4. The highest BCUT2D eigenvalue weighted by Gasteiger charge is 2.12. The molecule has 0 aromatic heterocycles. The third-order valence-electron chi connectivity index (χ3n) is 1.12. The van der Waals surface area contributed by atoms with Gasteiger partial charge >= 0.3 is 0 Å². The van der Waals surface area contributed by atoms with Crippen LogP contribution in [0.1, 0.15) is 6.92 Å². The van der Waals surface area contributed by atoms with Gasteiger partial charge in [0.05, 0.1) is 26.2 Å². The van der Waals surface area contributed by atoms with Crippen molar-refractivity contribution in [2.24, 2.45) is 0 Å². The quantitative estimate of drug-likeness (QED) is 0.253. The van der Waals surface area contributed by atoms with Crippen molar-refractivity contribution in [2.75, 3.05) is 21.1 Å². The average Bonchev–Trinajstić information content (AvgIpc) is 1.59. The van der Waals surface area contributed by atoms with E-state index in [1.807, 2.05) is 21.1 Å². The number of aliphatic hydroxyl groups excluding tert-OH is 1.